The van der Waals surface area contributed by atoms with Crippen molar-refractivity contribution in [2.45, 2.75) is 38.1 Å². The molecule has 1 saturated carbocycles. The number of carbonyl (C=O) groups is 3. The average Bonchev–Trinajstić information content (AvgIpc) is 3.65. The summed E-state index contributed by atoms with van der Waals surface area (Å²) in [6.07, 6.45) is 3.74. The third-order valence-corrected chi connectivity index (χ3v) is 6.68. The van der Waals surface area contributed by atoms with E-state index in [1.54, 1.807) is 4.90 Å². The second-order valence-electron chi connectivity index (χ2n) is 9.57. The zero-order valence-electron chi connectivity index (χ0n) is 20.6. The molecule has 3 aromatic carbocycles. The van der Waals surface area contributed by atoms with Crippen molar-refractivity contribution in [1.82, 2.24) is 4.90 Å². The van der Waals surface area contributed by atoms with Crippen LogP contribution in [-0.4, -0.2) is 35.2 Å². The van der Waals surface area contributed by atoms with Crippen molar-refractivity contribution in [1.29, 1.82) is 0 Å². The van der Waals surface area contributed by atoms with Gasteiger partial charge in [-0.25, -0.2) is 0 Å². The van der Waals surface area contributed by atoms with Crippen LogP contribution in [0.4, 0.5) is 11.4 Å². The van der Waals surface area contributed by atoms with E-state index in [-0.39, 0.29) is 23.6 Å². The van der Waals surface area contributed by atoms with E-state index in [2.05, 4.69) is 22.5 Å². The van der Waals surface area contributed by atoms with Crippen molar-refractivity contribution >= 4 is 29.1 Å². The Morgan fingerprint density at radius 3 is 1.86 bits per heavy atom. The van der Waals surface area contributed by atoms with Gasteiger partial charge in [0.2, 0.25) is 17.7 Å². The van der Waals surface area contributed by atoms with E-state index in [0.29, 0.717) is 25.1 Å². The summed E-state index contributed by atoms with van der Waals surface area (Å²) in [5, 5.41) is 5.88. The lowest BCUT2D eigenvalue weighted by Crippen LogP contribution is -2.43. The molecule has 1 atom stereocenters. The van der Waals surface area contributed by atoms with Gasteiger partial charge in [-0.1, -0.05) is 42.2 Å². The zero-order chi connectivity index (χ0) is 25.6. The topological polar surface area (TPSA) is 78.5 Å². The highest BCUT2D eigenvalue weighted by Gasteiger charge is 2.34. The van der Waals surface area contributed by atoms with Gasteiger partial charge in [0.1, 0.15) is 6.04 Å². The van der Waals surface area contributed by atoms with Crippen molar-refractivity contribution in [3.63, 3.8) is 0 Å². The molecular weight excluding hydrogens is 462 g/mol. The number of anilines is 2. The first kappa shape index (κ1) is 24.3. The third kappa shape index (κ3) is 6.45. The highest BCUT2D eigenvalue weighted by Crippen LogP contribution is 2.30. The Hall–Kier alpha value is -4.37. The van der Waals surface area contributed by atoms with Crippen LogP contribution in [0.3, 0.4) is 0 Å². The molecule has 2 aliphatic rings. The lowest BCUT2D eigenvalue weighted by Gasteiger charge is -2.24. The maximum Gasteiger partial charge on any atom is 0.247 e. The van der Waals surface area contributed by atoms with Crippen LogP contribution in [-0.2, 0) is 20.8 Å². The number of hydrogen-bond donors (Lipinski definition) is 2. The van der Waals surface area contributed by atoms with Crippen LogP contribution in [0, 0.1) is 17.8 Å². The van der Waals surface area contributed by atoms with Crippen LogP contribution in [0.5, 0.6) is 0 Å². The molecule has 2 fully saturated rings. The summed E-state index contributed by atoms with van der Waals surface area (Å²) in [6, 6.07) is 24.0. The maximum absolute atomic E-state index is 13.0. The monoisotopic (exact) mass is 491 g/mol. The largest absolute Gasteiger partial charge is 0.330 e. The molecule has 3 aromatic rings. The van der Waals surface area contributed by atoms with Gasteiger partial charge in [-0.2, -0.15) is 0 Å². The van der Waals surface area contributed by atoms with Crippen LogP contribution in [0.15, 0.2) is 78.9 Å². The summed E-state index contributed by atoms with van der Waals surface area (Å²) in [4.78, 5) is 39.3. The number of nitrogens with one attached hydrogen (secondary N) is 2. The summed E-state index contributed by atoms with van der Waals surface area (Å²) < 4.78 is 0. The SMILES string of the molecule is O=C(Nc1ccc(C#Cc2ccc(NC(=O)[C@@H]3CCCN3C(=O)Cc3ccccc3)cc2)cc1)C1CC1. The third-order valence-electron chi connectivity index (χ3n) is 6.68. The number of amides is 3. The van der Waals surface area contributed by atoms with Crippen molar-refractivity contribution in [3.05, 3.63) is 95.6 Å². The molecule has 1 aliphatic heterocycles. The smallest absolute Gasteiger partial charge is 0.247 e. The molecule has 2 N–H and O–H groups in total. The second-order valence-corrected chi connectivity index (χ2v) is 9.57. The highest BCUT2D eigenvalue weighted by molar-refractivity contribution is 5.98. The maximum atomic E-state index is 13.0. The van der Waals surface area contributed by atoms with Crippen LogP contribution in [0.2, 0.25) is 0 Å². The predicted octanol–water partition coefficient (Wildman–Crippen LogP) is 4.61. The standard InChI is InChI=1S/C31H29N3O3/c35-29(21-24-5-2-1-3-6-24)34-20-4-7-28(34)31(37)33-27-18-12-23(13-19-27)9-8-22-10-16-26(17-11-22)32-30(36)25-14-15-25/h1-3,5-6,10-13,16-19,25,28H,4,7,14-15,20-21H2,(H,32,36)(H,33,37)/t28-/m0/s1. The first-order valence-corrected chi connectivity index (χ1v) is 12.7. The Bertz CT molecular complexity index is 1330. The van der Waals surface area contributed by atoms with E-state index in [4.69, 9.17) is 0 Å². The quantitative estimate of drug-likeness (QED) is 0.495. The van der Waals surface area contributed by atoms with Gasteiger partial charge in [-0.3, -0.25) is 14.4 Å². The molecule has 37 heavy (non-hydrogen) atoms. The molecule has 1 saturated heterocycles. The molecule has 0 bridgehead atoms. The summed E-state index contributed by atoms with van der Waals surface area (Å²) in [5.41, 5.74) is 4.08. The van der Waals surface area contributed by atoms with Gasteiger partial charge in [-0.05, 0) is 79.8 Å². The molecule has 0 unspecified atom stereocenters. The Morgan fingerprint density at radius 2 is 1.30 bits per heavy atom. The molecule has 3 amide bonds. The molecule has 1 aliphatic carbocycles. The first-order chi connectivity index (χ1) is 18.0. The minimum absolute atomic E-state index is 0.0206. The zero-order valence-corrected chi connectivity index (χ0v) is 20.6. The first-order valence-electron chi connectivity index (χ1n) is 12.7. The number of likely N-dealkylation sites (tertiary alicyclic amines) is 1. The van der Waals surface area contributed by atoms with Crippen molar-refractivity contribution in [2.24, 2.45) is 5.92 Å². The number of benzene rings is 3. The Kier molecular flexibility index (Phi) is 7.32. The molecular formula is C31H29N3O3. The highest BCUT2D eigenvalue weighted by atomic mass is 16.2. The van der Waals surface area contributed by atoms with E-state index in [1.807, 2.05) is 78.9 Å². The van der Waals surface area contributed by atoms with Crippen molar-refractivity contribution in [3.8, 4) is 11.8 Å². The Balaban J connectivity index is 1.15. The van der Waals surface area contributed by atoms with E-state index >= 15 is 0 Å². The normalized spacial score (nSPS) is 16.4. The lowest BCUT2D eigenvalue weighted by atomic mass is 10.1. The van der Waals surface area contributed by atoms with Gasteiger partial charge in [0, 0.05) is 35.0 Å². The second kappa shape index (κ2) is 11.1. The molecule has 6 heteroatoms. The summed E-state index contributed by atoms with van der Waals surface area (Å²) >= 11 is 0. The molecule has 0 radical (unpaired) electrons. The van der Waals surface area contributed by atoms with E-state index in [1.165, 1.54) is 0 Å². The van der Waals surface area contributed by atoms with Gasteiger partial charge in [0.25, 0.3) is 0 Å². The number of hydrogen-bond acceptors (Lipinski definition) is 3. The number of carbonyl (C=O) groups excluding carboxylic acids is 3. The minimum atomic E-state index is -0.451. The van der Waals surface area contributed by atoms with E-state index < -0.39 is 6.04 Å². The van der Waals surface area contributed by atoms with E-state index in [9.17, 15) is 14.4 Å². The van der Waals surface area contributed by atoms with Crippen LogP contribution < -0.4 is 10.6 Å². The van der Waals surface area contributed by atoms with E-state index in [0.717, 1.165) is 41.6 Å². The Labute approximate surface area is 217 Å². The van der Waals surface area contributed by atoms with Gasteiger partial charge in [0.15, 0.2) is 0 Å². The summed E-state index contributed by atoms with van der Waals surface area (Å²) in [7, 11) is 0. The molecule has 1 heterocycles. The van der Waals surface area contributed by atoms with Gasteiger partial charge >= 0.3 is 0 Å². The fourth-order valence-electron chi connectivity index (χ4n) is 4.44. The summed E-state index contributed by atoms with van der Waals surface area (Å²) in [6.45, 7) is 0.603. The van der Waals surface area contributed by atoms with Crippen LogP contribution in [0.25, 0.3) is 0 Å². The number of nitrogens with zero attached hydrogens (tertiary/aromatic N) is 1. The lowest BCUT2D eigenvalue weighted by molar-refractivity contribution is -0.136. The Morgan fingerprint density at radius 1 is 0.730 bits per heavy atom. The minimum Gasteiger partial charge on any atom is -0.330 e. The van der Waals surface area contributed by atoms with Gasteiger partial charge in [0.05, 0.1) is 6.42 Å². The fourth-order valence-corrected chi connectivity index (χ4v) is 4.44. The van der Waals surface area contributed by atoms with Crippen molar-refractivity contribution in [2.75, 3.05) is 17.2 Å². The molecule has 6 nitrogen and oxygen atoms in total. The van der Waals surface area contributed by atoms with Crippen LogP contribution >= 0.6 is 0 Å². The molecule has 0 spiro atoms. The van der Waals surface area contributed by atoms with Gasteiger partial charge in [-0.15, -0.1) is 0 Å². The predicted molar refractivity (Wildman–Crippen MR) is 144 cm³/mol. The number of rotatable bonds is 6. The average molecular weight is 492 g/mol. The molecule has 186 valence electrons. The molecule has 5 rings (SSSR count). The van der Waals surface area contributed by atoms with Crippen LogP contribution in [0.1, 0.15) is 42.4 Å². The van der Waals surface area contributed by atoms with Crippen molar-refractivity contribution < 1.29 is 14.4 Å². The molecule has 0 aromatic heterocycles. The van der Waals surface area contributed by atoms with Gasteiger partial charge < -0.3 is 15.5 Å². The summed E-state index contributed by atoms with van der Waals surface area (Å²) in [5.74, 6) is 6.33. The fraction of sp³-hybridized carbons (Fsp3) is 0.258.